The van der Waals surface area contributed by atoms with Crippen LogP contribution in [-0.4, -0.2) is 30.4 Å². The van der Waals surface area contributed by atoms with Crippen molar-refractivity contribution in [3.8, 4) is 0 Å². The summed E-state index contributed by atoms with van der Waals surface area (Å²) in [7, 11) is -2.55. The van der Waals surface area contributed by atoms with Gasteiger partial charge in [0.2, 0.25) is 0 Å². The van der Waals surface area contributed by atoms with Crippen LogP contribution < -0.4 is 0 Å². The molecule has 3 aliphatic carbocycles. The van der Waals surface area contributed by atoms with Crippen molar-refractivity contribution in [3.05, 3.63) is 0 Å². The Morgan fingerprint density at radius 2 is 1.93 bits per heavy atom. The van der Waals surface area contributed by atoms with Crippen LogP contribution in [0.2, 0.25) is 0 Å². The largest absolute Gasteiger partial charge is 0.335 e. The fourth-order valence-corrected chi connectivity index (χ4v) is 3.97. The monoisotopic (exact) mass is 233 g/mol. The van der Waals surface area contributed by atoms with E-state index in [0.717, 1.165) is 29.5 Å². The molecule has 0 aromatic carbocycles. The minimum Gasteiger partial charge on any atom is -0.273 e. The summed E-state index contributed by atoms with van der Waals surface area (Å²) < 4.78 is 32.4. The van der Waals surface area contributed by atoms with Crippen LogP contribution in [0, 0.1) is 17.3 Å². The third-order valence-corrected chi connectivity index (χ3v) is 5.65. The lowest BCUT2D eigenvalue weighted by Gasteiger charge is -2.61. The first-order valence-electron chi connectivity index (χ1n) is 5.45. The van der Waals surface area contributed by atoms with Crippen molar-refractivity contribution in [1.82, 2.24) is 4.31 Å². The minimum atomic E-state index is -4.03. The van der Waals surface area contributed by atoms with Crippen molar-refractivity contribution < 1.29 is 13.0 Å². The molecule has 4 nitrogen and oxygen atoms in total. The van der Waals surface area contributed by atoms with E-state index < -0.39 is 10.3 Å². The third kappa shape index (κ3) is 1.61. The maximum absolute atomic E-state index is 11.1. The molecular formula is C10H19NO3S. The molecule has 2 bridgehead atoms. The normalized spacial score (nSPS) is 38.9. The van der Waals surface area contributed by atoms with Gasteiger partial charge in [0.25, 0.3) is 0 Å². The molecule has 0 saturated heterocycles. The van der Waals surface area contributed by atoms with Crippen LogP contribution in [0.4, 0.5) is 0 Å². The van der Waals surface area contributed by atoms with Gasteiger partial charge in [-0.05, 0) is 36.5 Å². The molecule has 0 aromatic rings. The predicted octanol–water partition coefficient (Wildman–Crippen LogP) is 1.55. The summed E-state index contributed by atoms with van der Waals surface area (Å²) in [6, 6.07) is -0.0139. The average molecular weight is 233 g/mol. The number of hydrogen-bond acceptors (Lipinski definition) is 2. The summed E-state index contributed by atoms with van der Waals surface area (Å²) in [5.41, 5.74) is 0.238. The van der Waals surface area contributed by atoms with Crippen molar-refractivity contribution in [2.75, 3.05) is 7.05 Å². The lowest BCUT2D eigenvalue weighted by molar-refractivity contribution is -0.102. The van der Waals surface area contributed by atoms with Gasteiger partial charge < -0.3 is 0 Å². The molecule has 3 aliphatic rings. The molecule has 3 atom stereocenters. The molecule has 0 unspecified atom stereocenters. The smallest absolute Gasteiger partial charge is 0.273 e. The van der Waals surface area contributed by atoms with E-state index in [4.69, 9.17) is 4.55 Å². The van der Waals surface area contributed by atoms with Crippen LogP contribution >= 0.6 is 0 Å². The molecule has 88 valence electrons. The molecule has 0 aliphatic heterocycles. The molecule has 0 radical (unpaired) electrons. The number of nitrogens with zero attached hydrogens (tertiary/aromatic N) is 1. The Kier molecular flexibility index (Phi) is 2.41. The standard InChI is InChI=1S/C10H19NO3S/c1-10(2)7-4-5-9(8(10)6-7)11(3)15(12,13)14/h7-9H,4-6H2,1-3H3,(H,12,13,14)/t7-,8+,9-/m1/s1. The quantitative estimate of drug-likeness (QED) is 0.736. The van der Waals surface area contributed by atoms with E-state index in [1.54, 1.807) is 0 Å². The van der Waals surface area contributed by atoms with E-state index in [9.17, 15) is 8.42 Å². The van der Waals surface area contributed by atoms with Gasteiger partial charge in [0.15, 0.2) is 0 Å². The second-order valence-corrected chi connectivity index (χ2v) is 6.97. The number of rotatable bonds is 2. The van der Waals surface area contributed by atoms with Crippen LogP contribution in [0.25, 0.3) is 0 Å². The summed E-state index contributed by atoms with van der Waals surface area (Å²) in [6.45, 7) is 4.41. The molecule has 0 amide bonds. The number of fused-ring (bicyclic) bond motifs is 2. The van der Waals surface area contributed by atoms with Crippen molar-refractivity contribution in [3.63, 3.8) is 0 Å². The van der Waals surface area contributed by atoms with E-state index in [1.165, 1.54) is 7.05 Å². The Labute approximate surface area is 91.5 Å². The van der Waals surface area contributed by atoms with Gasteiger partial charge in [-0.15, -0.1) is 0 Å². The van der Waals surface area contributed by atoms with Gasteiger partial charge in [0.1, 0.15) is 0 Å². The molecule has 0 aromatic heterocycles. The van der Waals surface area contributed by atoms with Gasteiger partial charge in [-0.3, -0.25) is 4.55 Å². The Morgan fingerprint density at radius 3 is 2.33 bits per heavy atom. The lowest BCUT2D eigenvalue weighted by Crippen LogP contribution is -2.59. The first kappa shape index (κ1) is 11.4. The zero-order chi connectivity index (χ0) is 11.4. The van der Waals surface area contributed by atoms with Crippen molar-refractivity contribution in [2.24, 2.45) is 17.3 Å². The van der Waals surface area contributed by atoms with Crippen LogP contribution in [-0.2, 0) is 10.3 Å². The second kappa shape index (κ2) is 3.18. The van der Waals surface area contributed by atoms with Crippen molar-refractivity contribution >= 4 is 10.3 Å². The highest BCUT2D eigenvalue weighted by molar-refractivity contribution is 7.83. The summed E-state index contributed by atoms with van der Waals surface area (Å²) in [6.07, 6.45) is 3.07. The maximum atomic E-state index is 11.1. The highest BCUT2D eigenvalue weighted by Gasteiger charge is 2.56. The minimum absolute atomic E-state index is 0.0139. The lowest BCUT2D eigenvalue weighted by atomic mass is 9.47. The van der Waals surface area contributed by atoms with Crippen LogP contribution in [0.1, 0.15) is 33.1 Å². The van der Waals surface area contributed by atoms with E-state index in [2.05, 4.69) is 13.8 Å². The fraction of sp³-hybridized carbons (Fsp3) is 1.00. The number of hydrogen-bond donors (Lipinski definition) is 1. The molecular weight excluding hydrogens is 214 g/mol. The SMILES string of the molecule is CN([C@@H]1CC[C@@H]2C[C@@H]1C2(C)C)S(=O)(=O)O. The molecule has 0 heterocycles. The highest BCUT2D eigenvalue weighted by atomic mass is 32.2. The molecule has 5 heteroatoms. The summed E-state index contributed by atoms with van der Waals surface area (Å²) in [5, 5.41) is 0. The molecule has 3 rings (SSSR count). The molecule has 3 saturated carbocycles. The zero-order valence-electron chi connectivity index (χ0n) is 9.47. The second-order valence-electron chi connectivity index (χ2n) is 5.50. The average Bonchev–Trinajstić information content (AvgIpc) is 2.15. The van der Waals surface area contributed by atoms with E-state index in [0.29, 0.717) is 5.92 Å². The van der Waals surface area contributed by atoms with Crippen LogP contribution in [0.15, 0.2) is 0 Å². The van der Waals surface area contributed by atoms with Crippen LogP contribution in [0.3, 0.4) is 0 Å². The molecule has 1 N–H and O–H groups in total. The third-order valence-electron chi connectivity index (χ3n) is 4.65. The summed E-state index contributed by atoms with van der Waals surface area (Å²) >= 11 is 0. The highest BCUT2D eigenvalue weighted by Crippen LogP contribution is 2.60. The topological polar surface area (TPSA) is 57.6 Å². The Balaban J connectivity index is 2.18. The van der Waals surface area contributed by atoms with Gasteiger partial charge in [-0.25, -0.2) is 0 Å². The van der Waals surface area contributed by atoms with Crippen LogP contribution in [0.5, 0.6) is 0 Å². The van der Waals surface area contributed by atoms with Gasteiger partial charge in [0, 0.05) is 13.1 Å². The van der Waals surface area contributed by atoms with Gasteiger partial charge in [0.05, 0.1) is 0 Å². The first-order valence-corrected chi connectivity index (χ1v) is 6.84. The summed E-state index contributed by atoms with van der Waals surface area (Å²) in [4.78, 5) is 0. The van der Waals surface area contributed by atoms with E-state index in [-0.39, 0.29) is 11.5 Å². The first-order chi connectivity index (χ1) is 6.74. The predicted molar refractivity (Wildman–Crippen MR) is 57.7 cm³/mol. The molecule has 3 fully saturated rings. The van der Waals surface area contributed by atoms with E-state index in [1.807, 2.05) is 0 Å². The Hall–Kier alpha value is -0.130. The summed E-state index contributed by atoms with van der Waals surface area (Å²) in [5.74, 6) is 1.15. The van der Waals surface area contributed by atoms with Crippen molar-refractivity contribution in [2.45, 2.75) is 39.2 Å². The molecule has 15 heavy (non-hydrogen) atoms. The maximum Gasteiger partial charge on any atom is 0.335 e. The van der Waals surface area contributed by atoms with Gasteiger partial charge in [-0.1, -0.05) is 13.8 Å². The van der Waals surface area contributed by atoms with Crippen molar-refractivity contribution in [1.29, 1.82) is 0 Å². The zero-order valence-corrected chi connectivity index (χ0v) is 10.3. The van der Waals surface area contributed by atoms with E-state index >= 15 is 0 Å². The molecule has 0 spiro atoms. The Bertz CT molecular complexity index is 361. The van der Waals surface area contributed by atoms with Gasteiger partial charge in [-0.2, -0.15) is 12.7 Å². The Morgan fingerprint density at radius 1 is 1.33 bits per heavy atom. The van der Waals surface area contributed by atoms with Gasteiger partial charge >= 0.3 is 10.3 Å². The fourth-order valence-electron chi connectivity index (χ4n) is 3.38.